The summed E-state index contributed by atoms with van der Waals surface area (Å²) < 4.78 is 6.15. The van der Waals surface area contributed by atoms with Gasteiger partial charge in [-0.1, -0.05) is 43.1 Å². The number of aldehydes is 1. The predicted octanol–water partition coefficient (Wildman–Crippen LogP) is 5.72. The Balaban J connectivity index is 2.80. The minimum Gasteiger partial charge on any atom is -0.487 e. The Morgan fingerprint density at radius 2 is 1.75 bits per heavy atom. The number of benzene rings is 1. The molecule has 0 fully saturated rings. The first-order valence-electron chi connectivity index (χ1n) is 9.68. The lowest BCUT2D eigenvalue weighted by Crippen LogP contribution is -2.28. The van der Waals surface area contributed by atoms with Crippen molar-refractivity contribution in [2.45, 2.75) is 66.4 Å². The summed E-state index contributed by atoms with van der Waals surface area (Å²) >= 11 is 0. The molecule has 0 heterocycles. The molecule has 1 aromatic carbocycles. The minimum absolute atomic E-state index is 0.0923. The topological polar surface area (TPSA) is 46.5 Å². The third kappa shape index (κ3) is 8.59. The first-order valence-corrected chi connectivity index (χ1v) is 9.68. The van der Waals surface area contributed by atoms with Crippen LogP contribution in [-0.2, 0) is 0 Å². The van der Waals surface area contributed by atoms with Gasteiger partial charge in [0.15, 0.2) is 0 Å². The van der Waals surface area contributed by atoms with Crippen LogP contribution >= 0.6 is 0 Å². The van der Waals surface area contributed by atoms with Crippen LogP contribution in [0, 0.1) is 17.8 Å². The Morgan fingerprint density at radius 1 is 1.11 bits per heavy atom. The highest BCUT2D eigenvalue weighted by Crippen LogP contribution is 2.31. The van der Waals surface area contributed by atoms with E-state index in [0.29, 0.717) is 16.9 Å². The van der Waals surface area contributed by atoms with Crippen LogP contribution in [-0.4, -0.2) is 23.6 Å². The van der Waals surface area contributed by atoms with E-state index in [1.54, 1.807) is 18.2 Å². The Bertz CT molecular complexity index is 773. The molecule has 0 atom stereocenters. The fourth-order valence-corrected chi connectivity index (χ4v) is 3.44. The molecule has 0 saturated carbocycles. The van der Waals surface area contributed by atoms with Crippen molar-refractivity contribution in [3.63, 3.8) is 0 Å². The summed E-state index contributed by atoms with van der Waals surface area (Å²) in [6.45, 7) is 12.8. The zero-order chi connectivity index (χ0) is 21.4. The van der Waals surface area contributed by atoms with Crippen LogP contribution in [0.1, 0.15) is 76.7 Å². The van der Waals surface area contributed by atoms with Gasteiger partial charge in [0.2, 0.25) is 0 Å². The Kier molecular flexibility index (Phi) is 8.72. The monoisotopic (exact) mass is 382 g/mol. The van der Waals surface area contributed by atoms with Crippen LogP contribution in [0.3, 0.4) is 0 Å². The fraction of sp³-hybridized carbons (Fsp3) is 0.480. The number of aliphatic hydroxyl groups is 1. The van der Waals surface area contributed by atoms with E-state index in [4.69, 9.17) is 16.3 Å². The van der Waals surface area contributed by atoms with Gasteiger partial charge in [-0.2, -0.15) is 0 Å². The Labute approximate surface area is 170 Å². The average Bonchev–Trinajstić information content (AvgIpc) is 2.58. The molecule has 0 bridgehead atoms. The summed E-state index contributed by atoms with van der Waals surface area (Å²) in [4.78, 5) is 11.1. The molecule has 0 aliphatic carbocycles. The van der Waals surface area contributed by atoms with E-state index in [1.807, 2.05) is 19.9 Å². The molecule has 0 aromatic heterocycles. The highest BCUT2D eigenvalue weighted by atomic mass is 16.5. The van der Waals surface area contributed by atoms with Crippen molar-refractivity contribution >= 4 is 6.29 Å². The second-order valence-corrected chi connectivity index (χ2v) is 8.92. The lowest BCUT2D eigenvalue weighted by Gasteiger charge is -2.28. The lowest BCUT2D eigenvalue weighted by molar-refractivity contribution is 0.107. The molecule has 1 rings (SSSR count). The van der Waals surface area contributed by atoms with Crippen LogP contribution in [0.15, 0.2) is 41.5 Å². The predicted molar refractivity (Wildman–Crippen MR) is 117 cm³/mol. The number of ether oxygens (including phenoxy) is 1. The van der Waals surface area contributed by atoms with Gasteiger partial charge >= 0.3 is 0 Å². The van der Waals surface area contributed by atoms with Gasteiger partial charge in [0.05, 0.1) is 6.61 Å². The lowest BCUT2D eigenvalue weighted by atomic mass is 9.81. The molecule has 0 aliphatic rings. The zero-order valence-corrected chi connectivity index (χ0v) is 18.1. The molecule has 0 aliphatic heterocycles. The molecule has 0 unspecified atom stereocenters. The van der Waals surface area contributed by atoms with Crippen LogP contribution < -0.4 is 4.74 Å². The molecule has 0 radical (unpaired) electrons. The standard InChI is InChI=1S/C25H34O3/c1-8-21-13-22(18-27)15-23(14-21)28-25(6,7)17-19(2)9-11-24(4,5)16-20(3)10-12-26/h1,9-10,13-15,18,26H,11-12,16-17H2,2-7H3. The van der Waals surface area contributed by atoms with Crippen LogP contribution in [0.5, 0.6) is 5.75 Å². The van der Waals surface area contributed by atoms with Crippen molar-refractivity contribution in [1.29, 1.82) is 0 Å². The molecule has 1 N–H and O–H groups in total. The van der Waals surface area contributed by atoms with Gasteiger partial charge in [0.1, 0.15) is 17.6 Å². The number of aliphatic hydroxyl groups excluding tert-OH is 1. The largest absolute Gasteiger partial charge is 0.487 e. The van der Waals surface area contributed by atoms with E-state index in [2.05, 4.69) is 39.7 Å². The van der Waals surface area contributed by atoms with Crippen molar-refractivity contribution in [2.75, 3.05) is 6.61 Å². The molecule has 3 heteroatoms. The van der Waals surface area contributed by atoms with Crippen molar-refractivity contribution in [1.82, 2.24) is 0 Å². The van der Waals surface area contributed by atoms with Crippen molar-refractivity contribution in [3.05, 3.63) is 52.6 Å². The van der Waals surface area contributed by atoms with E-state index in [9.17, 15) is 4.79 Å². The van der Waals surface area contributed by atoms with E-state index in [1.165, 1.54) is 11.1 Å². The molecule has 1 aromatic rings. The molecule has 3 nitrogen and oxygen atoms in total. The van der Waals surface area contributed by atoms with Crippen molar-refractivity contribution in [2.24, 2.45) is 5.41 Å². The summed E-state index contributed by atoms with van der Waals surface area (Å²) in [7, 11) is 0. The SMILES string of the molecule is C#Cc1cc(C=O)cc(OC(C)(C)CC(C)=CCC(C)(C)CC(C)=CCO)c1. The first kappa shape index (κ1) is 23.7. The second kappa shape index (κ2) is 10.3. The third-order valence-corrected chi connectivity index (χ3v) is 4.53. The molecular formula is C25H34O3. The van der Waals surface area contributed by atoms with Crippen LogP contribution in [0.25, 0.3) is 0 Å². The number of rotatable bonds is 10. The maximum atomic E-state index is 11.1. The average molecular weight is 383 g/mol. The maximum Gasteiger partial charge on any atom is 0.150 e. The van der Waals surface area contributed by atoms with E-state index in [0.717, 1.165) is 25.5 Å². The summed E-state index contributed by atoms with van der Waals surface area (Å²) in [5.41, 5.74) is 3.32. The van der Waals surface area contributed by atoms with Crippen molar-refractivity contribution < 1.29 is 14.6 Å². The first-order chi connectivity index (χ1) is 13.0. The van der Waals surface area contributed by atoms with Gasteiger partial charge in [-0.25, -0.2) is 0 Å². The number of terminal acetylenes is 1. The van der Waals surface area contributed by atoms with Gasteiger partial charge in [0.25, 0.3) is 0 Å². The van der Waals surface area contributed by atoms with Crippen molar-refractivity contribution in [3.8, 4) is 18.1 Å². The normalized spacial score (nSPS) is 13.2. The quantitative estimate of drug-likeness (QED) is 0.320. The number of hydrogen-bond donors (Lipinski definition) is 1. The van der Waals surface area contributed by atoms with E-state index in [-0.39, 0.29) is 12.0 Å². The summed E-state index contributed by atoms with van der Waals surface area (Å²) in [6, 6.07) is 5.18. The molecular weight excluding hydrogens is 348 g/mol. The second-order valence-electron chi connectivity index (χ2n) is 8.92. The molecule has 0 spiro atoms. The number of hydrogen-bond acceptors (Lipinski definition) is 3. The highest BCUT2D eigenvalue weighted by molar-refractivity contribution is 5.76. The summed E-state index contributed by atoms with van der Waals surface area (Å²) in [5, 5.41) is 9.03. The van der Waals surface area contributed by atoms with Crippen LogP contribution in [0.4, 0.5) is 0 Å². The summed E-state index contributed by atoms with van der Waals surface area (Å²) in [6.07, 6.45) is 13.1. The van der Waals surface area contributed by atoms with E-state index >= 15 is 0 Å². The smallest absolute Gasteiger partial charge is 0.150 e. The summed E-state index contributed by atoms with van der Waals surface area (Å²) in [5.74, 6) is 3.17. The number of carbonyl (C=O) groups is 1. The number of carbonyl (C=O) groups excluding carboxylic acids is 1. The fourth-order valence-electron chi connectivity index (χ4n) is 3.44. The third-order valence-electron chi connectivity index (χ3n) is 4.53. The van der Waals surface area contributed by atoms with Crippen LogP contribution in [0.2, 0.25) is 0 Å². The highest BCUT2D eigenvalue weighted by Gasteiger charge is 2.22. The number of allylic oxidation sites excluding steroid dienone is 2. The van der Waals surface area contributed by atoms with Gasteiger partial charge in [-0.05, 0) is 64.2 Å². The molecule has 28 heavy (non-hydrogen) atoms. The Hall–Kier alpha value is -2.31. The Morgan fingerprint density at radius 3 is 2.32 bits per heavy atom. The van der Waals surface area contributed by atoms with Gasteiger partial charge in [-0.3, -0.25) is 4.79 Å². The zero-order valence-electron chi connectivity index (χ0n) is 18.1. The van der Waals surface area contributed by atoms with Gasteiger partial charge in [0, 0.05) is 17.5 Å². The van der Waals surface area contributed by atoms with E-state index < -0.39 is 5.60 Å². The molecule has 152 valence electrons. The molecule has 0 amide bonds. The maximum absolute atomic E-state index is 11.1. The minimum atomic E-state index is -0.426. The van der Waals surface area contributed by atoms with Gasteiger partial charge < -0.3 is 9.84 Å². The molecule has 0 saturated heterocycles. The van der Waals surface area contributed by atoms with Gasteiger partial charge in [-0.15, -0.1) is 6.42 Å².